The average molecular weight is 338 g/mol. The summed E-state index contributed by atoms with van der Waals surface area (Å²) in [5.74, 6) is 0. The van der Waals surface area contributed by atoms with Crippen LogP contribution >= 0.6 is 14.7 Å². The van der Waals surface area contributed by atoms with Gasteiger partial charge in [0, 0.05) is 31.0 Å². The minimum Gasteiger partial charge on any atom is -0.314 e. The molecule has 118 valence electrons. The number of rotatable bonds is 7. The number of benzene rings is 2. The standard InChI is InChI=1S/C16H20O4P2/c1-19-22(18,20-2)14-13-21(17,15-9-5-3-6-10-15)16-11-7-4-8-12-16/h3-12H,13-14H2,1-2H3. The first kappa shape index (κ1) is 17.2. The van der Waals surface area contributed by atoms with Crippen LogP contribution in [0.3, 0.4) is 0 Å². The van der Waals surface area contributed by atoms with Crippen molar-refractivity contribution in [2.24, 2.45) is 0 Å². The average Bonchev–Trinajstić information content (AvgIpc) is 2.61. The van der Waals surface area contributed by atoms with E-state index in [1.807, 2.05) is 60.7 Å². The molecule has 0 aromatic heterocycles. The van der Waals surface area contributed by atoms with Gasteiger partial charge in [-0.25, -0.2) is 0 Å². The van der Waals surface area contributed by atoms with E-state index in [0.717, 1.165) is 10.6 Å². The monoisotopic (exact) mass is 338 g/mol. The summed E-state index contributed by atoms with van der Waals surface area (Å²) in [6, 6.07) is 18.6. The molecule has 0 bridgehead atoms. The molecule has 0 saturated carbocycles. The fraction of sp³-hybridized carbons (Fsp3) is 0.250. The van der Waals surface area contributed by atoms with Crippen LogP contribution in [0.15, 0.2) is 60.7 Å². The summed E-state index contributed by atoms with van der Waals surface area (Å²) in [6.07, 6.45) is 0.348. The van der Waals surface area contributed by atoms with E-state index in [2.05, 4.69) is 0 Å². The number of hydrogen-bond donors (Lipinski definition) is 0. The van der Waals surface area contributed by atoms with Crippen LogP contribution in [-0.2, 0) is 18.2 Å². The van der Waals surface area contributed by atoms with Crippen molar-refractivity contribution in [1.82, 2.24) is 0 Å². The molecule has 0 N–H and O–H groups in total. The van der Waals surface area contributed by atoms with Crippen molar-refractivity contribution in [3.05, 3.63) is 60.7 Å². The lowest BCUT2D eigenvalue weighted by atomic mass is 10.4. The van der Waals surface area contributed by atoms with Crippen molar-refractivity contribution in [3.63, 3.8) is 0 Å². The van der Waals surface area contributed by atoms with E-state index < -0.39 is 14.7 Å². The fourth-order valence-electron chi connectivity index (χ4n) is 2.27. The SMILES string of the molecule is COP(=O)(CCP(=O)(c1ccccc1)c1ccccc1)OC. The zero-order valence-electron chi connectivity index (χ0n) is 12.7. The van der Waals surface area contributed by atoms with E-state index >= 15 is 0 Å². The number of hydrogen-bond acceptors (Lipinski definition) is 4. The second-order valence-electron chi connectivity index (χ2n) is 4.83. The summed E-state index contributed by atoms with van der Waals surface area (Å²) in [5, 5.41) is 1.50. The quantitative estimate of drug-likeness (QED) is 0.725. The highest BCUT2D eigenvalue weighted by Crippen LogP contribution is 2.52. The van der Waals surface area contributed by atoms with Gasteiger partial charge in [-0.05, 0) is 0 Å². The summed E-state index contributed by atoms with van der Waals surface area (Å²) in [6.45, 7) is 0. The third kappa shape index (κ3) is 3.77. The molecular formula is C16H20O4P2. The maximum absolute atomic E-state index is 13.7. The molecule has 0 aliphatic carbocycles. The molecule has 0 unspecified atom stereocenters. The predicted molar refractivity (Wildman–Crippen MR) is 91.1 cm³/mol. The third-order valence-corrected chi connectivity index (χ3v) is 8.95. The van der Waals surface area contributed by atoms with E-state index in [9.17, 15) is 9.13 Å². The van der Waals surface area contributed by atoms with Crippen molar-refractivity contribution in [1.29, 1.82) is 0 Å². The van der Waals surface area contributed by atoms with E-state index in [0.29, 0.717) is 0 Å². The molecule has 0 heterocycles. The Labute approximate surface area is 131 Å². The highest BCUT2D eigenvalue weighted by atomic mass is 31.2. The maximum atomic E-state index is 13.7. The van der Waals surface area contributed by atoms with Crippen LogP contribution in [0.1, 0.15) is 0 Å². The Bertz CT molecular complexity index is 634. The van der Waals surface area contributed by atoms with Crippen LogP contribution < -0.4 is 10.6 Å². The lowest BCUT2D eigenvalue weighted by Gasteiger charge is -2.21. The normalized spacial score (nSPS) is 12.3. The molecule has 0 spiro atoms. The predicted octanol–water partition coefficient (Wildman–Crippen LogP) is 3.49. The summed E-state index contributed by atoms with van der Waals surface area (Å²) >= 11 is 0. The van der Waals surface area contributed by atoms with Crippen molar-refractivity contribution in [3.8, 4) is 0 Å². The molecule has 2 aromatic carbocycles. The molecule has 6 heteroatoms. The van der Waals surface area contributed by atoms with Gasteiger partial charge in [-0.2, -0.15) is 0 Å². The molecule has 2 rings (SSSR count). The Kier molecular flexibility index (Phi) is 5.77. The van der Waals surface area contributed by atoms with Gasteiger partial charge in [0.25, 0.3) is 0 Å². The van der Waals surface area contributed by atoms with Crippen LogP contribution in [-0.4, -0.2) is 26.5 Å². The van der Waals surface area contributed by atoms with E-state index in [1.165, 1.54) is 14.2 Å². The Morgan fingerprint density at radius 3 is 1.50 bits per heavy atom. The van der Waals surface area contributed by atoms with Gasteiger partial charge in [0.1, 0.15) is 7.14 Å². The minimum atomic E-state index is -3.19. The minimum absolute atomic E-state index is 0.112. The molecule has 2 aromatic rings. The van der Waals surface area contributed by atoms with Crippen LogP contribution in [0.25, 0.3) is 0 Å². The molecule has 0 radical (unpaired) electrons. The van der Waals surface area contributed by atoms with Gasteiger partial charge in [0.15, 0.2) is 0 Å². The van der Waals surface area contributed by atoms with Gasteiger partial charge < -0.3 is 13.6 Å². The molecule has 0 aliphatic heterocycles. The smallest absolute Gasteiger partial charge is 0.314 e. The zero-order chi connectivity index (χ0) is 16.1. The molecule has 0 aliphatic rings. The van der Waals surface area contributed by atoms with Crippen LogP contribution in [0.5, 0.6) is 0 Å². The highest BCUT2D eigenvalue weighted by molar-refractivity contribution is 7.79. The first-order chi connectivity index (χ1) is 10.5. The van der Waals surface area contributed by atoms with E-state index in [-0.39, 0.29) is 12.3 Å². The third-order valence-electron chi connectivity index (χ3n) is 3.59. The van der Waals surface area contributed by atoms with Gasteiger partial charge in [-0.1, -0.05) is 60.7 Å². The van der Waals surface area contributed by atoms with Crippen molar-refractivity contribution in [2.45, 2.75) is 0 Å². The van der Waals surface area contributed by atoms with E-state index in [4.69, 9.17) is 9.05 Å². The molecule has 0 fully saturated rings. The zero-order valence-corrected chi connectivity index (χ0v) is 14.5. The van der Waals surface area contributed by atoms with Crippen LogP contribution in [0.4, 0.5) is 0 Å². The lowest BCUT2D eigenvalue weighted by Crippen LogP contribution is -2.20. The Morgan fingerprint density at radius 1 is 0.727 bits per heavy atom. The summed E-state index contributed by atoms with van der Waals surface area (Å²) in [4.78, 5) is 0. The summed E-state index contributed by atoms with van der Waals surface area (Å²) in [5.41, 5.74) is 0. The Balaban J connectivity index is 2.40. The molecule has 0 saturated heterocycles. The maximum Gasteiger partial charge on any atom is 0.330 e. The largest absolute Gasteiger partial charge is 0.330 e. The molecule has 22 heavy (non-hydrogen) atoms. The van der Waals surface area contributed by atoms with Gasteiger partial charge >= 0.3 is 7.60 Å². The van der Waals surface area contributed by atoms with Gasteiger partial charge in [-0.3, -0.25) is 4.57 Å². The van der Waals surface area contributed by atoms with E-state index in [1.54, 1.807) is 0 Å². The second kappa shape index (κ2) is 7.39. The Morgan fingerprint density at radius 2 is 1.14 bits per heavy atom. The Hall–Kier alpha value is -1.18. The van der Waals surface area contributed by atoms with Gasteiger partial charge in [-0.15, -0.1) is 0 Å². The summed E-state index contributed by atoms with van der Waals surface area (Å²) in [7, 11) is -3.37. The van der Waals surface area contributed by atoms with Crippen molar-refractivity contribution >= 4 is 25.3 Å². The molecule has 0 amide bonds. The van der Waals surface area contributed by atoms with Crippen LogP contribution in [0, 0.1) is 0 Å². The second-order valence-corrected chi connectivity index (χ2v) is 10.2. The van der Waals surface area contributed by atoms with Crippen molar-refractivity contribution in [2.75, 3.05) is 26.5 Å². The van der Waals surface area contributed by atoms with Crippen molar-refractivity contribution < 1.29 is 18.2 Å². The molecule has 0 atom stereocenters. The van der Waals surface area contributed by atoms with Crippen LogP contribution in [0.2, 0.25) is 0 Å². The highest BCUT2D eigenvalue weighted by Gasteiger charge is 2.32. The fourth-order valence-corrected chi connectivity index (χ4v) is 7.01. The topological polar surface area (TPSA) is 52.6 Å². The van der Waals surface area contributed by atoms with Gasteiger partial charge in [0.05, 0.1) is 6.16 Å². The first-order valence-corrected chi connectivity index (χ1v) is 10.6. The molecular weight excluding hydrogens is 318 g/mol. The first-order valence-electron chi connectivity index (χ1n) is 6.95. The molecule has 4 nitrogen and oxygen atoms in total. The van der Waals surface area contributed by atoms with Gasteiger partial charge in [0.2, 0.25) is 0 Å². The summed E-state index contributed by atoms with van der Waals surface area (Å²) < 4.78 is 35.9. The lowest BCUT2D eigenvalue weighted by molar-refractivity contribution is 0.277.